The second-order valence-corrected chi connectivity index (χ2v) is 8.37. The Morgan fingerprint density at radius 2 is 0.735 bits per heavy atom. The van der Waals surface area contributed by atoms with E-state index in [2.05, 4.69) is 0 Å². The molecule has 0 heterocycles. The fraction of sp³-hybridized carbons (Fsp3) is 0. The Morgan fingerprint density at radius 3 is 1.15 bits per heavy atom. The topological polar surface area (TPSA) is 121 Å². The highest BCUT2D eigenvalue weighted by atomic mass is 16.3. The average Bonchev–Trinajstić information content (AvgIpc) is 2.79. The van der Waals surface area contributed by atoms with Gasteiger partial charge in [0.25, 0.3) is 0 Å². The van der Waals surface area contributed by atoms with Gasteiger partial charge in [-0.3, -0.25) is 0 Å². The Kier molecular flexibility index (Phi) is 3.98. The second-order valence-electron chi connectivity index (χ2n) is 8.37. The van der Waals surface area contributed by atoms with Crippen LogP contribution in [0.3, 0.4) is 0 Å². The van der Waals surface area contributed by atoms with E-state index in [0.717, 1.165) is 0 Å². The lowest BCUT2D eigenvalue weighted by atomic mass is 9.88. The second kappa shape index (κ2) is 6.83. The van der Waals surface area contributed by atoms with E-state index in [1.54, 1.807) is 48.5 Å². The lowest BCUT2D eigenvalue weighted by molar-refractivity contribution is 0.450. The summed E-state index contributed by atoms with van der Waals surface area (Å²) in [5.41, 5.74) is 0.590. The first-order valence-electron chi connectivity index (χ1n) is 10.5. The molecule has 6 aromatic carbocycles. The fourth-order valence-electron chi connectivity index (χ4n) is 4.95. The van der Waals surface area contributed by atoms with Gasteiger partial charge >= 0.3 is 0 Å². The number of aromatic hydroxyl groups is 6. The molecule has 0 spiro atoms. The number of phenolic OH excluding ortho intramolecular Hbond substituents is 6. The quantitative estimate of drug-likeness (QED) is 0.166. The molecular formula is C28H18O6. The molecule has 0 unspecified atom stereocenters. The van der Waals surface area contributed by atoms with Crippen molar-refractivity contribution in [3.8, 4) is 45.6 Å². The van der Waals surface area contributed by atoms with Crippen LogP contribution in [0, 0.1) is 0 Å². The van der Waals surface area contributed by atoms with E-state index in [1.807, 2.05) is 0 Å². The van der Waals surface area contributed by atoms with Crippen molar-refractivity contribution in [2.75, 3.05) is 0 Å². The lowest BCUT2D eigenvalue weighted by Crippen LogP contribution is -1.90. The molecule has 0 aliphatic rings. The van der Waals surface area contributed by atoms with Crippen molar-refractivity contribution in [2.45, 2.75) is 0 Å². The first-order chi connectivity index (χ1) is 16.3. The van der Waals surface area contributed by atoms with Crippen LogP contribution in [0.25, 0.3) is 54.2 Å². The number of hydrogen-bond acceptors (Lipinski definition) is 6. The van der Waals surface area contributed by atoms with Crippen molar-refractivity contribution < 1.29 is 30.6 Å². The van der Waals surface area contributed by atoms with Crippen molar-refractivity contribution >= 4 is 43.1 Å². The van der Waals surface area contributed by atoms with E-state index in [4.69, 9.17) is 0 Å². The van der Waals surface area contributed by atoms with Gasteiger partial charge in [-0.25, -0.2) is 0 Å². The third kappa shape index (κ3) is 2.69. The molecule has 0 aliphatic carbocycles. The van der Waals surface area contributed by atoms with E-state index < -0.39 is 0 Å². The van der Waals surface area contributed by atoms with Crippen LogP contribution >= 0.6 is 0 Å². The summed E-state index contributed by atoms with van der Waals surface area (Å²) in [4.78, 5) is 0. The minimum Gasteiger partial charge on any atom is -0.508 e. The predicted molar refractivity (Wildman–Crippen MR) is 132 cm³/mol. The SMILES string of the molecule is Oc1ccc2c(ccc3c(-c4c(O)cc(O)c5c4ccc4cc(O)ccc45)c(O)cc(O)c32)c1. The molecule has 0 saturated carbocycles. The monoisotopic (exact) mass is 450 g/mol. The van der Waals surface area contributed by atoms with Crippen LogP contribution in [0.15, 0.2) is 72.8 Å². The third-order valence-electron chi connectivity index (χ3n) is 6.37. The molecular weight excluding hydrogens is 432 g/mol. The molecule has 0 bridgehead atoms. The van der Waals surface area contributed by atoms with Gasteiger partial charge < -0.3 is 30.6 Å². The van der Waals surface area contributed by atoms with E-state index in [-0.39, 0.29) is 34.5 Å². The van der Waals surface area contributed by atoms with Crippen molar-refractivity contribution in [3.05, 3.63) is 72.8 Å². The van der Waals surface area contributed by atoms with E-state index in [1.165, 1.54) is 24.3 Å². The van der Waals surface area contributed by atoms with Crippen LogP contribution in [0.2, 0.25) is 0 Å². The standard InChI is InChI=1S/C28H18O6/c29-15-3-7-17-13(9-15)1-5-19-25(17)21(31)11-23(33)27(19)28-20-6-2-14-10-16(30)4-8-18(14)26(20)22(32)12-24(28)34/h1-12,29-34H. The zero-order valence-electron chi connectivity index (χ0n) is 17.6. The van der Waals surface area contributed by atoms with Gasteiger partial charge in [-0.15, -0.1) is 0 Å². The summed E-state index contributed by atoms with van der Waals surface area (Å²) in [5, 5.41) is 67.7. The summed E-state index contributed by atoms with van der Waals surface area (Å²) >= 11 is 0. The van der Waals surface area contributed by atoms with Gasteiger partial charge in [0.05, 0.1) is 0 Å². The van der Waals surface area contributed by atoms with E-state index >= 15 is 0 Å². The van der Waals surface area contributed by atoms with Gasteiger partial charge in [-0.2, -0.15) is 0 Å². The first kappa shape index (κ1) is 19.8. The maximum Gasteiger partial charge on any atom is 0.127 e. The molecule has 0 saturated heterocycles. The number of fused-ring (bicyclic) bond motifs is 6. The number of hydrogen-bond donors (Lipinski definition) is 6. The maximum absolute atomic E-state index is 11.0. The van der Waals surface area contributed by atoms with Crippen molar-refractivity contribution in [1.82, 2.24) is 0 Å². The van der Waals surface area contributed by atoms with Crippen molar-refractivity contribution in [2.24, 2.45) is 0 Å². The van der Waals surface area contributed by atoms with Crippen LogP contribution in [0.5, 0.6) is 34.5 Å². The Morgan fingerprint density at radius 1 is 0.353 bits per heavy atom. The Balaban J connectivity index is 1.81. The summed E-state index contributed by atoms with van der Waals surface area (Å²) in [6.45, 7) is 0. The number of rotatable bonds is 1. The van der Waals surface area contributed by atoms with Gasteiger partial charge in [0.1, 0.15) is 34.5 Å². The van der Waals surface area contributed by atoms with E-state index in [9.17, 15) is 30.6 Å². The number of benzene rings is 6. The number of phenols is 6. The van der Waals surface area contributed by atoms with Gasteiger partial charge in [0, 0.05) is 34.0 Å². The Bertz CT molecular complexity index is 1690. The summed E-state index contributed by atoms with van der Waals surface area (Å²) < 4.78 is 0. The maximum atomic E-state index is 11.0. The van der Waals surface area contributed by atoms with Gasteiger partial charge in [-0.1, -0.05) is 24.3 Å². The van der Waals surface area contributed by atoms with Crippen LogP contribution in [-0.2, 0) is 0 Å². The van der Waals surface area contributed by atoms with Crippen molar-refractivity contribution in [3.63, 3.8) is 0 Å². The summed E-state index contributed by atoms with van der Waals surface area (Å²) in [6, 6.07) is 18.9. The molecule has 6 N–H and O–H groups in total. The Labute approximate surface area is 192 Å². The van der Waals surface area contributed by atoms with Gasteiger partial charge in [0.2, 0.25) is 0 Å². The summed E-state index contributed by atoms with van der Waals surface area (Å²) in [6.07, 6.45) is 0. The minimum absolute atomic E-state index is 0.0884. The highest BCUT2D eigenvalue weighted by Crippen LogP contribution is 2.51. The molecule has 0 aliphatic heterocycles. The molecule has 6 nitrogen and oxygen atoms in total. The molecule has 0 aromatic heterocycles. The molecule has 0 fully saturated rings. The summed E-state index contributed by atoms with van der Waals surface area (Å²) in [5.74, 6) is -0.588. The Hall–Kier alpha value is -4.84. The van der Waals surface area contributed by atoms with E-state index in [0.29, 0.717) is 54.2 Å². The van der Waals surface area contributed by atoms with Crippen LogP contribution in [-0.4, -0.2) is 30.6 Å². The molecule has 166 valence electrons. The van der Waals surface area contributed by atoms with Gasteiger partial charge in [-0.05, 0) is 68.7 Å². The highest BCUT2D eigenvalue weighted by molar-refractivity contribution is 6.22. The molecule has 0 amide bonds. The van der Waals surface area contributed by atoms with Crippen LogP contribution in [0.1, 0.15) is 0 Å². The minimum atomic E-state index is -0.240. The zero-order chi connectivity index (χ0) is 23.7. The fourth-order valence-corrected chi connectivity index (χ4v) is 4.95. The molecule has 6 heteroatoms. The smallest absolute Gasteiger partial charge is 0.127 e. The van der Waals surface area contributed by atoms with Crippen LogP contribution in [0.4, 0.5) is 0 Å². The van der Waals surface area contributed by atoms with Crippen molar-refractivity contribution in [1.29, 1.82) is 0 Å². The zero-order valence-corrected chi connectivity index (χ0v) is 17.6. The molecule has 6 rings (SSSR count). The molecule has 0 radical (unpaired) electrons. The largest absolute Gasteiger partial charge is 0.508 e. The van der Waals surface area contributed by atoms with Crippen LogP contribution < -0.4 is 0 Å². The summed E-state index contributed by atoms with van der Waals surface area (Å²) in [7, 11) is 0. The first-order valence-corrected chi connectivity index (χ1v) is 10.5. The average molecular weight is 450 g/mol. The normalized spacial score (nSPS) is 11.6. The molecule has 34 heavy (non-hydrogen) atoms. The lowest BCUT2D eigenvalue weighted by Gasteiger charge is -2.18. The predicted octanol–water partition coefficient (Wildman–Crippen LogP) is 6.20. The third-order valence-corrected chi connectivity index (χ3v) is 6.37. The highest BCUT2D eigenvalue weighted by Gasteiger charge is 2.22. The van der Waals surface area contributed by atoms with Gasteiger partial charge in [0.15, 0.2) is 0 Å². The molecule has 6 aromatic rings. The molecule has 0 atom stereocenters.